The minimum Gasteiger partial charge on any atom is -0.309 e. The predicted molar refractivity (Wildman–Crippen MR) is 218 cm³/mol. The van der Waals surface area contributed by atoms with Crippen molar-refractivity contribution >= 4 is 54.4 Å². The highest BCUT2D eigenvalue weighted by Gasteiger charge is 2.21. The fraction of sp³-hybridized carbons (Fsp3) is 0. The van der Waals surface area contributed by atoms with Crippen molar-refractivity contribution in [2.24, 2.45) is 0 Å². The van der Waals surface area contributed by atoms with E-state index >= 15 is 0 Å². The highest BCUT2D eigenvalue weighted by atomic mass is 15.3. The lowest BCUT2D eigenvalue weighted by Crippen LogP contribution is -2.01. The molecular formula is C48H31N5. The van der Waals surface area contributed by atoms with Gasteiger partial charge < -0.3 is 9.13 Å². The standard InChI is InChI=1S/C48H31N5/c1-4-14-32(15-5-1)47-49-50-48(33-16-6-2-7-17-33)53(47)36-26-24-35(25-27-36)52-44-23-13-11-21-38(44)40-29-30-41-42(46(40)52)31-28-39-37-20-10-12-22-43(37)51(45(39)41)34-18-8-3-9-19-34/h1-31H. The van der Waals surface area contributed by atoms with Gasteiger partial charge in [-0.05, 0) is 48.5 Å². The van der Waals surface area contributed by atoms with E-state index in [1.165, 1.54) is 54.4 Å². The summed E-state index contributed by atoms with van der Waals surface area (Å²) in [6.45, 7) is 0. The van der Waals surface area contributed by atoms with Crippen LogP contribution in [0.25, 0.3) is 94.2 Å². The van der Waals surface area contributed by atoms with E-state index in [1.54, 1.807) is 0 Å². The first kappa shape index (κ1) is 29.5. The van der Waals surface area contributed by atoms with Crippen LogP contribution < -0.4 is 0 Å². The molecule has 0 spiro atoms. The lowest BCUT2D eigenvalue weighted by atomic mass is 10.0. The summed E-state index contributed by atoms with van der Waals surface area (Å²) in [5.41, 5.74) is 10.1. The molecule has 5 nitrogen and oxygen atoms in total. The first-order valence-corrected chi connectivity index (χ1v) is 17.9. The van der Waals surface area contributed by atoms with Crippen molar-refractivity contribution in [1.82, 2.24) is 23.9 Å². The third-order valence-corrected chi connectivity index (χ3v) is 10.6. The molecule has 11 aromatic rings. The van der Waals surface area contributed by atoms with Crippen molar-refractivity contribution < 1.29 is 0 Å². The van der Waals surface area contributed by atoms with E-state index in [0.29, 0.717) is 0 Å². The summed E-state index contributed by atoms with van der Waals surface area (Å²) in [5, 5.41) is 16.8. The van der Waals surface area contributed by atoms with Crippen molar-refractivity contribution in [2.75, 3.05) is 0 Å². The van der Waals surface area contributed by atoms with Gasteiger partial charge >= 0.3 is 0 Å². The molecule has 0 saturated carbocycles. The number of benzene rings is 8. The third-order valence-electron chi connectivity index (χ3n) is 10.6. The number of hydrogen-bond donors (Lipinski definition) is 0. The van der Waals surface area contributed by atoms with E-state index in [-0.39, 0.29) is 0 Å². The van der Waals surface area contributed by atoms with Crippen LogP contribution in [0.15, 0.2) is 188 Å². The molecule has 3 aromatic heterocycles. The maximum absolute atomic E-state index is 4.70. The maximum atomic E-state index is 4.70. The average Bonchev–Trinajstić information content (AvgIpc) is 3.93. The molecule has 0 saturated heterocycles. The van der Waals surface area contributed by atoms with Gasteiger partial charge in [0.05, 0.1) is 22.1 Å². The number of rotatable bonds is 5. The van der Waals surface area contributed by atoms with Crippen LogP contribution in [0.2, 0.25) is 0 Å². The molecule has 0 amide bonds. The topological polar surface area (TPSA) is 40.6 Å². The Morgan fingerprint density at radius 3 is 1.06 bits per heavy atom. The third kappa shape index (κ3) is 4.44. The summed E-state index contributed by atoms with van der Waals surface area (Å²) in [5.74, 6) is 1.61. The molecule has 0 radical (unpaired) electrons. The van der Waals surface area contributed by atoms with Gasteiger partial charge in [0.25, 0.3) is 0 Å². The summed E-state index contributed by atoms with van der Waals surface area (Å²) < 4.78 is 7.02. The Morgan fingerprint density at radius 2 is 0.604 bits per heavy atom. The fourth-order valence-corrected chi connectivity index (χ4v) is 8.27. The van der Waals surface area contributed by atoms with Crippen LogP contribution >= 0.6 is 0 Å². The highest BCUT2D eigenvalue weighted by Crippen LogP contribution is 2.42. The first-order chi connectivity index (χ1) is 26.3. The molecule has 0 unspecified atom stereocenters. The highest BCUT2D eigenvalue weighted by molar-refractivity contribution is 6.26. The molecule has 0 aliphatic heterocycles. The molecule has 3 heterocycles. The van der Waals surface area contributed by atoms with Gasteiger partial charge in [-0.15, -0.1) is 10.2 Å². The minimum atomic E-state index is 0.804. The van der Waals surface area contributed by atoms with Crippen molar-refractivity contribution in [3.05, 3.63) is 188 Å². The first-order valence-electron chi connectivity index (χ1n) is 17.9. The number of para-hydroxylation sites is 3. The van der Waals surface area contributed by atoms with Gasteiger partial charge in [-0.2, -0.15) is 0 Å². The van der Waals surface area contributed by atoms with E-state index in [2.05, 4.69) is 165 Å². The molecule has 8 aromatic carbocycles. The summed E-state index contributed by atoms with van der Waals surface area (Å²) in [6.07, 6.45) is 0. The smallest absolute Gasteiger partial charge is 0.168 e. The van der Waals surface area contributed by atoms with Gasteiger partial charge in [0.1, 0.15) is 0 Å². The Kier molecular flexibility index (Phi) is 6.48. The second kappa shape index (κ2) is 11.7. The number of hydrogen-bond acceptors (Lipinski definition) is 2. The monoisotopic (exact) mass is 677 g/mol. The minimum absolute atomic E-state index is 0.804. The second-order valence-corrected chi connectivity index (χ2v) is 13.5. The van der Waals surface area contributed by atoms with Crippen molar-refractivity contribution in [3.8, 4) is 39.8 Å². The normalized spacial score (nSPS) is 11.8. The van der Waals surface area contributed by atoms with Gasteiger partial charge in [-0.25, -0.2) is 0 Å². The Balaban J connectivity index is 1.16. The lowest BCUT2D eigenvalue weighted by molar-refractivity contribution is 1.07. The molecule has 0 aliphatic carbocycles. The Hall–Kier alpha value is -7.24. The van der Waals surface area contributed by atoms with E-state index < -0.39 is 0 Å². The van der Waals surface area contributed by atoms with Gasteiger partial charge in [0.2, 0.25) is 0 Å². The number of fused-ring (bicyclic) bond motifs is 9. The molecule has 0 bridgehead atoms. The van der Waals surface area contributed by atoms with Gasteiger partial charge in [0, 0.05) is 60.5 Å². The predicted octanol–water partition coefficient (Wildman–Crippen LogP) is 11.9. The van der Waals surface area contributed by atoms with Crippen LogP contribution in [-0.2, 0) is 0 Å². The van der Waals surface area contributed by atoms with Crippen molar-refractivity contribution in [3.63, 3.8) is 0 Å². The molecule has 0 atom stereocenters. The van der Waals surface area contributed by atoms with Crippen LogP contribution in [0.3, 0.4) is 0 Å². The zero-order chi connectivity index (χ0) is 34.9. The molecule has 0 aliphatic rings. The van der Waals surface area contributed by atoms with Gasteiger partial charge in [-0.3, -0.25) is 4.57 Å². The van der Waals surface area contributed by atoms with Crippen LogP contribution in [0.4, 0.5) is 0 Å². The summed E-state index contributed by atoms with van der Waals surface area (Å²) >= 11 is 0. The van der Waals surface area contributed by atoms with E-state index in [0.717, 1.165) is 39.8 Å². The van der Waals surface area contributed by atoms with Crippen LogP contribution in [0.1, 0.15) is 0 Å². The largest absolute Gasteiger partial charge is 0.309 e. The zero-order valence-corrected chi connectivity index (χ0v) is 28.6. The van der Waals surface area contributed by atoms with Crippen molar-refractivity contribution in [1.29, 1.82) is 0 Å². The fourth-order valence-electron chi connectivity index (χ4n) is 8.27. The van der Waals surface area contributed by atoms with Crippen LogP contribution in [-0.4, -0.2) is 23.9 Å². The van der Waals surface area contributed by atoms with E-state index in [4.69, 9.17) is 10.2 Å². The zero-order valence-electron chi connectivity index (χ0n) is 28.6. The summed E-state index contributed by atoms with van der Waals surface area (Å²) in [7, 11) is 0. The van der Waals surface area contributed by atoms with Crippen molar-refractivity contribution in [2.45, 2.75) is 0 Å². The van der Waals surface area contributed by atoms with Crippen LogP contribution in [0.5, 0.6) is 0 Å². The summed E-state index contributed by atoms with van der Waals surface area (Å²) in [4.78, 5) is 0. The summed E-state index contributed by atoms with van der Waals surface area (Å²) in [6, 6.07) is 66.8. The second-order valence-electron chi connectivity index (χ2n) is 13.5. The Labute approximate surface area is 305 Å². The molecule has 5 heteroatoms. The lowest BCUT2D eigenvalue weighted by Gasteiger charge is -2.14. The molecule has 11 rings (SSSR count). The number of aromatic nitrogens is 5. The Bertz CT molecular complexity index is 3080. The van der Waals surface area contributed by atoms with Crippen LogP contribution in [0, 0.1) is 0 Å². The molecule has 0 fully saturated rings. The Morgan fingerprint density at radius 1 is 0.264 bits per heavy atom. The molecule has 248 valence electrons. The molecule has 53 heavy (non-hydrogen) atoms. The molecular weight excluding hydrogens is 647 g/mol. The molecule has 0 N–H and O–H groups in total. The van der Waals surface area contributed by atoms with E-state index in [1.807, 2.05) is 36.4 Å². The maximum Gasteiger partial charge on any atom is 0.168 e. The quantitative estimate of drug-likeness (QED) is 0.182. The average molecular weight is 678 g/mol. The van der Waals surface area contributed by atoms with E-state index in [9.17, 15) is 0 Å². The van der Waals surface area contributed by atoms with Gasteiger partial charge in [0.15, 0.2) is 11.6 Å². The SMILES string of the molecule is c1ccc(-c2nnc(-c3ccccc3)n2-c2ccc(-n3c4ccccc4c4ccc5c(ccc6c7ccccc7n(-c7ccccc7)c65)c43)cc2)cc1. The number of nitrogens with zero attached hydrogens (tertiary/aromatic N) is 5. The van der Waals surface area contributed by atoms with Gasteiger partial charge in [-0.1, -0.05) is 140 Å².